The van der Waals surface area contributed by atoms with Crippen LogP contribution in [0.4, 0.5) is 0 Å². The van der Waals surface area contributed by atoms with Crippen LogP contribution in [-0.4, -0.2) is 29.4 Å². The van der Waals surface area contributed by atoms with Gasteiger partial charge in [0.2, 0.25) is 5.91 Å². The Bertz CT molecular complexity index is 250. The lowest BCUT2D eigenvalue weighted by atomic mass is 9.91. The minimum atomic E-state index is -0.223. The molecule has 1 aliphatic heterocycles. The minimum absolute atomic E-state index is 0.174. The molecule has 1 amide bonds. The summed E-state index contributed by atoms with van der Waals surface area (Å²) in [6.07, 6.45) is 4.38. The molecule has 2 aliphatic rings. The Morgan fingerprint density at radius 3 is 2.57 bits per heavy atom. The van der Waals surface area contributed by atoms with Crippen molar-refractivity contribution in [3.8, 4) is 0 Å². The molecule has 0 aromatic heterocycles. The highest BCUT2D eigenvalue weighted by Gasteiger charge is 2.40. The number of nitrogens with zero attached hydrogens (tertiary/aromatic N) is 1. The Labute approximate surface area is 85.6 Å². The molecule has 0 spiro atoms. The molecule has 1 heterocycles. The summed E-state index contributed by atoms with van der Waals surface area (Å²) in [5, 5.41) is 0. The lowest BCUT2D eigenvalue weighted by Crippen LogP contribution is -2.40. The van der Waals surface area contributed by atoms with E-state index in [1.807, 2.05) is 4.90 Å². The van der Waals surface area contributed by atoms with Crippen molar-refractivity contribution in [2.45, 2.75) is 51.6 Å². The number of hydrogen-bond acceptors (Lipinski definition) is 2. The molecule has 2 N–H and O–H groups in total. The molecule has 1 saturated heterocycles. The van der Waals surface area contributed by atoms with Gasteiger partial charge in [0.1, 0.15) is 0 Å². The van der Waals surface area contributed by atoms with Gasteiger partial charge in [-0.2, -0.15) is 0 Å². The van der Waals surface area contributed by atoms with Crippen LogP contribution in [0.2, 0.25) is 0 Å². The average Bonchev–Trinajstić information content (AvgIpc) is 2.59. The third-order valence-corrected chi connectivity index (χ3v) is 3.66. The zero-order valence-electron chi connectivity index (χ0n) is 9.12. The molecule has 1 saturated carbocycles. The fraction of sp³-hybridized carbons (Fsp3) is 0.909. The SMILES string of the molecule is CC1(C)CCC(N2CCC(N)C2=O)C1. The number of hydrogen-bond donors (Lipinski definition) is 1. The maximum Gasteiger partial charge on any atom is 0.239 e. The first-order valence-corrected chi connectivity index (χ1v) is 5.56. The highest BCUT2D eigenvalue weighted by molar-refractivity contribution is 5.84. The van der Waals surface area contributed by atoms with Crippen molar-refractivity contribution in [2.24, 2.45) is 11.1 Å². The summed E-state index contributed by atoms with van der Waals surface area (Å²) in [5.74, 6) is 0.174. The Kier molecular flexibility index (Phi) is 2.30. The molecule has 1 aliphatic carbocycles. The predicted molar refractivity (Wildman–Crippen MR) is 55.7 cm³/mol. The molecule has 0 aromatic carbocycles. The molecule has 0 radical (unpaired) electrons. The van der Waals surface area contributed by atoms with E-state index < -0.39 is 0 Å². The summed E-state index contributed by atoms with van der Waals surface area (Å²) in [5.41, 5.74) is 6.13. The number of likely N-dealkylation sites (tertiary alicyclic amines) is 1. The Hall–Kier alpha value is -0.570. The predicted octanol–water partition coefficient (Wildman–Crippen LogP) is 1.12. The fourth-order valence-corrected chi connectivity index (χ4v) is 2.75. The van der Waals surface area contributed by atoms with Crippen LogP contribution >= 0.6 is 0 Å². The van der Waals surface area contributed by atoms with E-state index in [1.165, 1.54) is 6.42 Å². The van der Waals surface area contributed by atoms with Gasteiger partial charge >= 0.3 is 0 Å². The third-order valence-electron chi connectivity index (χ3n) is 3.66. The maximum absolute atomic E-state index is 11.7. The van der Waals surface area contributed by atoms with Gasteiger partial charge in [-0.3, -0.25) is 4.79 Å². The zero-order chi connectivity index (χ0) is 10.3. The Balaban J connectivity index is 2.01. The van der Waals surface area contributed by atoms with E-state index in [1.54, 1.807) is 0 Å². The molecule has 2 fully saturated rings. The van der Waals surface area contributed by atoms with Crippen LogP contribution in [0, 0.1) is 5.41 Å². The third kappa shape index (κ3) is 1.65. The fourth-order valence-electron chi connectivity index (χ4n) is 2.75. The number of carbonyl (C=O) groups is 1. The number of amides is 1. The van der Waals surface area contributed by atoms with Gasteiger partial charge in [-0.1, -0.05) is 13.8 Å². The molecule has 2 atom stereocenters. The second kappa shape index (κ2) is 3.23. The van der Waals surface area contributed by atoms with Crippen molar-refractivity contribution in [1.82, 2.24) is 4.90 Å². The molecule has 2 unspecified atom stereocenters. The van der Waals surface area contributed by atoms with Gasteiger partial charge in [-0.05, 0) is 31.1 Å². The lowest BCUT2D eigenvalue weighted by molar-refractivity contribution is -0.130. The smallest absolute Gasteiger partial charge is 0.239 e. The summed E-state index contributed by atoms with van der Waals surface area (Å²) < 4.78 is 0. The van der Waals surface area contributed by atoms with E-state index in [0.717, 1.165) is 25.8 Å². The highest BCUT2D eigenvalue weighted by Crippen LogP contribution is 2.40. The second-order valence-electron chi connectivity index (χ2n) is 5.49. The summed E-state index contributed by atoms with van der Waals surface area (Å²) in [6, 6.07) is 0.241. The van der Waals surface area contributed by atoms with E-state index in [0.29, 0.717) is 11.5 Å². The van der Waals surface area contributed by atoms with Gasteiger partial charge in [0.15, 0.2) is 0 Å². The van der Waals surface area contributed by atoms with E-state index in [-0.39, 0.29) is 11.9 Å². The van der Waals surface area contributed by atoms with Crippen molar-refractivity contribution in [3.05, 3.63) is 0 Å². The van der Waals surface area contributed by atoms with Crippen LogP contribution < -0.4 is 5.73 Å². The molecule has 2 rings (SSSR count). The number of carbonyl (C=O) groups excluding carboxylic acids is 1. The highest BCUT2D eigenvalue weighted by atomic mass is 16.2. The van der Waals surface area contributed by atoms with Crippen molar-refractivity contribution in [3.63, 3.8) is 0 Å². The van der Waals surface area contributed by atoms with Crippen molar-refractivity contribution < 1.29 is 4.79 Å². The molecular weight excluding hydrogens is 176 g/mol. The van der Waals surface area contributed by atoms with E-state index >= 15 is 0 Å². The van der Waals surface area contributed by atoms with Crippen LogP contribution in [0.15, 0.2) is 0 Å². The van der Waals surface area contributed by atoms with Gasteiger partial charge in [-0.25, -0.2) is 0 Å². The quantitative estimate of drug-likeness (QED) is 0.683. The van der Waals surface area contributed by atoms with Gasteiger partial charge in [-0.15, -0.1) is 0 Å². The van der Waals surface area contributed by atoms with Gasteiger partial charge in [0.25, 0.3) is 0 Å². The average molecular weight is 196 g/mol. The second-order valence-corrected chi connectivity index (χ2v) is 5.49. The molecule has 0 aromatic rings. The van der Waals surface area contributed by atoms with Crippen molar-refractivity contribution in [1.29, 1.82) is 0 Å². The molecule has 14 heavy (non-hydrogen) atoms. The van der Waals surface area contributed by atoms with E-state index in [4.69, 9.17) is 5.73 Å². The van der Waals surface area contributed by atoms with Gasteiger partial charge in [0, 0.05) is 12.6 Å². The molecule has 3 heteroatoms. The van der Waals surface area contributed by atoms with Crippen molar-refractivity contribution in [2.75, 3.05) is 6.54 Å². The first-order valence-electron chi connectivity index (χ1n) is 5.56. The summed E-state index contributed by atoms with van der Waals surface area (Å²) in [7, 11) is 0. The zero-order valence-corrected chi connectivity index (χ0v) is 9.12. The Morgan fingerprint density at radius 1 is 1.43 bits per heavy atom. The number of rotatable bonds is 1. The van der Waals surface area contributed by atoms with Gasteiger partial charge < -0.3 is 10.6 Å². The lowest BCUT2D eigenvalue weighted by Gasteiger charge is -2.25. The first kappa shape index (κ1) is 9.97. The topological polar surface area (TPSA) is 46.3 Å². The summed E-state index contributed by atoms with van der Waals surface area (Å²) in [6.45, 7) is 5.45. The summed E-state index contributed by atoms with van der Waals surface area (Å²) in [4.78, 5) is 13.7. The molecule has 3 nitrogen and oxygen atoms in total. The Morgan fingerprint density at radius 2 is 2.14 bits per heavy atom. The monoisotopic (exact) mass is 196 g/mol. The number of nitrogens with two attached hydrogens (primary N) is 1. The first-order chi connectivity index (χ1) is 6.49. The summed E-state index contributed by atoms with van der Waals surface area (Å²) >= 11 is 0. The molecule has 0 bridgehead atoms. The molecular formula is C11H20N2O. The van der Waals surface area contributed by atoms with Crippen molar-refractivity contribution >= 4 is 5.91 Å². The van der Waals surface area contributed by atoms with Crippen LogP contribution in [-0.2, 0) is 4.79 Å². The normalized spacial score (nSPS) is 36.8. The van der Waals surface area contributed by atoms with Crippen LogP contribution in [0.1, 0.15) is 39.5 Å². The van der Waals surface area contributed by atoms with Crippen LogP contribution in [0.5, 0.6) is 0 Å². The molecule has 80 valence electrons. The minimum Gasteiger partial charge on any atom is -0.338 e. The van der Waals surface area contributed by atoms with E-state index in [9.17, 15) is 4.79 Å². The van der Waals surface area contributed by atoms with Gasteiger partial charge in [0.05, 0.1) is 6.04 Å². The maximum atomic E-state index is 11.7. The van der Waals surface area contributed by atoms with E-state index in [2.05, 4.69) is 13.8 Å². The van der Waals surface area contributed by atoms with Crippen LogP contribution in [0.3, 0.4) is 0 Å². The standard InChI is InChI=1S/C11H20N2O/c1-11(2)5-3-8(7-11)13-6-4-9(12)10(13)14/h8-9H,3-7,12H2,1-2H3. The largest absolute Gasteiger partial charge is 0.338 e. The van der Waals surface area contributed by atoms with Crippen LogP contribution in [0.25, 0.3) is 0 Å².